The van der Waals surface area contributed by atoms with Crippen molar-refractivity contribution in [2.75, 3.05) is 7.11 Å². The molecule has 0 aliphatic carbocycles. The van der Waals surface area contributed by atoms with E-state index in [2.05, 4.69) is 14.4 Å². The average molecular weight is 143 g/mol. The van der Waals surface area contributed by atoms with Crippen molar-refractivity contribution in [1.29, 1.82) is 0 Å². The Morgan fingerprint density at radius 1 is 1.80 bits per heavy atom. The summed E-state index contributed by atoms with van der Waals surface area (Å²) in [4.78, 5) is 20.9. The van der Waals surface area contributed by atoms with E-state index in [0.717, 1.165) is 6.07 Å². The Labute approximate surface area is 55.6 Å². The first-order valence-electron chi connectivity index (χ1n) is 2.51. The van der Waals surface area contributed by atoms with E-state index in [-0.39, 0.29) is 5.69 Å². The lowest BCUT2D eigenvalue weighted by atomic mass is 10.4. The van der Waals surface area contributed by atoms with E-state index in [1.165, 1.54) is 7.11 Å². The van der Waals surface area contributed by atoms with Crippen LogP contribution >= 0.6 is 0 Å². The van der Waals surface area contributed by atoms with Crippen LogP contribution < -0.4 is 5.63 Å². The summed E-state index contributed by atoms with van der Waals surface area (Å²) >= 11 is 0. The highest BCUT2D eigenvalue weighted by Gasteiger charge is 2.07. The van der Waals surface area contributed by atoms with E-state index in [0.29, 0.717) is 0 Å². The maximum atomic E-state index is 10.6. The highest BCUT2D eigenvalue weighted by molar-refractivity contribution is 5.86. The topological polar surface area (TPSA) is 72.3 Å². The number of nitrogens with one attached hydrogen (secondary N) is 1. The van der Waals surface area contributed by atoms with Gasteiger partial charge in [-0.05, 0) is 0 Å². The third-order valence-electron chi connectivity index (χ3n) is 0.929. The van der Waals surface area contributed by atoms with Gasteiger partial charge in [0.05, 0.1) is 13.2 Å². The van der Waals surface area contributed by atoms with Crippen molar-refractivity contribution in [3.63, 3.8) is 0 Å². The molecule has 1 aromatic heterocycles. The molecule has 1 aromatic rings. The zero-order valence-corrected chi connectivity index (χ0v) is 5.21. The zero-order valence-electron chi connectivity index (χ0n) is 5.21. The molecule has 0 fully saturated rings. The van der Waals surface area contributed by atoms with Gasteiger partial charge in [0.1, 0.15) is 0 Å². The molecule has 0 radical (unpaired) electrons. The molecule has 0 aliphatic rings. The van der Waals surface area contributed by atoms with Crippen LogP contribution in [0, 0.1) is 0 Å². The normalized spacial score (nSPS) is 9.30. The summed E-state index contributed by atoms with van der Waals surface area (Å²) in [5, 5.41) is 2.09. The maximum absolute atomic E-state index is 10.6. The molecule has 0 unspecified atom stereocenters. The second-order valence-electron chi connectivity index (χ2n) is 1.57. The minimum Gasteiger partial charge on any atom is -0.464 e. The lowest BCUT2D eigenvalue weighted by Crippen LogP contribution is -2.01. The van der Waals surface area contributed by atoms with Crippen molar-refractivity contribution < 1.29 is 14.1 Å². The quantitative estimate of drug-likeness (QED) is 0.550. The van der Waals surface area contributed by atoms with E-state index in [1.807, 2.05) is 0 Å². The molecular formula is C5H5NO4. The maximum Gasteiger partial charge on any atom is 0.358 e. The Morgan fingerprint density at radius 3 is 2.90 bits per heavy atom. The number of carbonyl (C=O) groups is 1. The van der Waals surface area contributed by atoms with Crippen LogP contribution in [-0.4, -0.2) is 18.2 Å². The molecule has 1 N–H and O–H groups in total. The van der Waals surface area contributed by atoms with Crippen molar-refractivity contribution >= 4 is 5.97 Å². The van der Waals surface area contributed by atoms with E-state index in [9.17, 15) is 9.59 Å². The summed E-state index contributed by atoms with van der Waals surface area (Å²) in [7, 11) is 1.22. The number of hydrogen-bond donors (Lipinski definition) is 1. The third-order valence-corrected chi connectivity index (χ3v) is 0.929. The van der Waals surface area contributed by atoms with Gasteiger partial charge in [0.25, 0.3) is 0 Å². The van der Waals surface area contributed by atoms with Gasteiger partial charge in [-0.3, -0.25) is 0 Å². The summed E-state index contributed by atoms with van der Waals surface area (Å²) in [6.45, 7) is 0. The van der Waals surface area contributed by atoms with Gasteiger partial charge in [-0.1, -0.05) is 0 Å². The van der Waals surface area contributed by atoms with E-state index in [4.69, 9.17) is 0 Å². The van der Waals surface area contributed by atoms with Crippen LogP contribution in [0.4, 0.5) is 0 Å². The van der Waals surface area contributed by atoms with Crippen LogP contribution in [0.15, 0.2) is 15.4 Å². The van der Waals surface area contributed by atoms with E-state index < -0.39 is 11.6 Å². The van der Waals surface area contributed by atoms with Gasteiger partial charge in [-0.15, -0.1) is 0 Å². The number of H-pyrrole nitrogens is 1. The fourth-order valence-electron chi connectivity index (χ4n) is 0.493. The van der Waals surface area contributed by atoms with Crippen LogP contribution in [0.5, 0.6) is 0 Å². The van der Waals surface area contributed by atoms with Crippen LogP contribution in [0.25, 0.3) is 0 Å². The second kappa shape index (κ2) is 2.38. The van der Waals surface area contributed by atoms with Gasteiger partial charge in [0.2, 0.25) is 0 Å². The van der Waals surface area contributed by atoms with Gasteiger partial charge in [-0.25, -0.2) is 14.7 Å². The van der Waals surface area contributed by atoms with Crippen LogP contribution in [-0.2, 0) is 4.74 Å². The number of aromatic nitrogens is 1. The molecule has 1 rings (SSSR count). The van der Waals surface area contributed by atoms with E-state index in [1.54, 1.807) is 0 Å². The molecule has 0 atom stereocenters. The van der Waals surface area contributed by atoms with Crippen LogP contribution in [0.3, 0.4) is 0 Å². The van der Waals surface area contributed by atoms with Gasteiger partial charge >= 0.3 is 11.6 Å². The Balaban J connectivity index is 2.95. The summed E-state index contributed by atoms with van der Waals surface area (Å²) in [5.41, 5.74) is -0.576. The number of esters is 1. The molecule has 10 heavy (non-hydrogen) atoms. The number of methoxy groups -OCH3 is 1. The van der Waals surface area contributed by atoms with Crippen molar-refractivity contribution in [2.45, 2.75) is 0 Å². The Morgan fingerprint density at radius 2 is 2.50 bits per heavy atom. The predicted octanol–water partition coefficient (Wildman–Crippen LogP) is -0.245. The largest absolute Gasteiger partial charge is 0.464 e. The second-order valence-corrected chi connectivity index (χ2v) is 1.57. The molecule has 0 bridgehead atoms. The van der Waals surface area contributed by atoms with Gasteiger partial charge in [0, 0.05) is 0 Å². The lowest BCUT2D eigenvalue weighted by molar-refractivity contribution is 0.0589. The molecule has 0 aliphatic heterocycles. The minimum atomic E-state index is -0.620. The summed E-state index contributed by atoms with van der Waals surface area (Å²) < 4.78 is 8.49. The Bertz CT molecular complexity index is 284. The zero-order chi connectivity index (χ0) is 7.56. The van der Waals surface area contributed by atoms with Gasteiger partial charge in [0.15, 0.2) is 5.69 Å². The first kappa shape index (κ1) is 6.60. The predicted molar refractivity (Wildman–Crippen MR) is 30.7 cm³/mol. The van der Waals surface area contributed by atoms with Crippen LogP contribution in [0.1, 0.15) is 10.5 Å². The van der Waals surface area contributed by atoms with Crippen LogP contribution in [0.2, 0.25) is 0 Å². The summed E-state index contributed by atoms with van der Waals surface area (Å²) in [5.74, 6) is -0.620. The number of hydrogen-bond acceptors (Lipinski definition) is 4. The molecule has 5 nitrogen and oxygen atoms in total. The number of rotatable bonds is 1. The number of aromatic amines is 1. The first-order chi connectivity index (χ1) is 4.74. The lowest BCUT2D eigenvalue weighted by Gasteiger charge is -1.89. The monoisotopic (exact) mass is 143 g/mol. The van der Waals surface area contributed by atoms with Crippen molar-refractivity contribution in [3.05, 3.63) is 22.2 Å². The standard InChI is InChI=1S/C5H5NO4/c1-9-5(8)3-2-4(7)10-6-3/h2,6H,1H3. The molecule has 0 saturated carbocycles. The molecule has 54 valence electrons. The number of ether oxygens (including phenoxy) is 1. The third kappa shape index (κ3) is 1.07. The SMILES string of the molecule is COC(=O)c1cc(=O)o[nH]1. The first-order valence-corrected chi connectivity index (χ1v) is 2.51. The highest BCUT2D eigenvalue weighted by atomic mass is 16.5. The Kier molecular flexibility index (Phi) is 1.57. The molecule has 0 aromatic carbocycles. The molecule has 0 amide bonds. The molecule has 0 spiro atoms. The van der Waals surface area contributed by atoms with Gasteiger partial charge < -0.3 is 9.26 Å². The highest BCUT2D eigenvalue weighted by Crippen LogP contribution is 1.90. The smallest absolute Gasteiger partial charge is 0.358 e. The van der Waals surface area contributed by atoms with Crippen molar-refractivity contribution in [2.24, 2.45) is 0 Å². The van der Waals surface area contributed by atoms with Crippen molar-refractivity contribution in [3.8, 4) is 0 Å². The summed E-state index contributed by atoms with van der Waals surface area (Å²) in [6.07, 6.45) is 0. The van der Waals surface area contributed by atoms with Crippen molar-refractivity contribution in [1.82, 2.24) is 5.16 Å². The molecule has 1 heterocycles. The molecular weight excluding hydrogens is 138 g/mol. The molecule has 0 saturated heterocycles. The number of carbonyl (C=O) groups excluding carboxylic acids is 1. The summed E-state index contributed by atoms with van der Waals surface area (Å²) in [6, 6.07) is 1.02. The Hall–Kier alpha value is -1.52. The molecule has 5 heteroatoms. The fourth-order valence-corrected chi connectivity index (χ4v) is 0.493. The van der Waals surface area contributed by atoms with Gasteiger partial charge in [-0.2, -0.15) is 0 Å². The average Bonchev–Trinajstić information content (AvgIpc) is 2.34. The fraction of sp³-hybridized carbons (Fsp3) is 0.200. The van der Waals surface area contributed by atoms with E-state index >= 15 is 0 Å². The minimum absolute atomic E-state index is 0.0208.